The van der Waals surface area contributed by atoms with Crippen LogP contribution in [-0.4, -0.2) is 16.6 Å². The number of hydrogen-bond acceptors (Lipinski definition) is 5. The summed E-state index contributed by atoms with van der Waals surface area (Å²) in [6.07, 6.45) is 1.11. The van der Waals surface area contributed by atoms with Crippen LogP contribution in [0.5, 0.6) is 0 Å². The van der Waals surface area contributed by atoms with E-state index in [1.54, 1.807) is 20.8 Å². The van der Waals surface area contributed by atoms with Crippen LogP contribution in [0, 0.1) is 0 Å². The van der Waals surface area contributed by atoms with E-state index in [-0.39, 0.29) is 11.6 Å². The first-order valence-electron chi connectivity index (χ1n) is 3.82. The Morgan fingerprint density at radius 3 is 2.62 bits per heavy atom. The van der Waals surface area contributed by atoms with Crippen LogP contribution in [0.3, 0.4) is 0 Å². The molecule has 13 heavy (non-hydrogen) atoms. The van der Waals surface area contributed by atoms with Gasteiger partial charge in [-0.05, 0) is 20.8 Å². The molecule has 0 fully saturated rings. The number of aromatic nitrogens is 1. The Labute approximate surface area is 75.9 Å². The summed E-state index contributed by atoms with van der Waals surface area (Å²) in [5.41, 5.74) is 4.80. The van der Waals surface area contributed by atoms with Crippen molar-refractivity contribution in [1.82, 2.24) is 4.98 Å². The van der Waals surface area contributed by atoms with E-state index in [0.717, 1.165) is 6.39 Å². The van der Waals surface area contributed by atoms with Gasteiger partial charge in [-0.25, -0.2) is 9.78 Å². The number of nitrogens with zero attached hydrogens (tertiary/aromatic N) is 1. The minimum Gasteiger partial charge on any atom is -0.455 e. The summed E-state index contributed by atoms with van der Waals surface area (Å²) in [6, 6.07) is 0. The molecule has 0 spiro atoms. The fourth-order valence-corrected chi connectivity index (χ4v) is 0.735. The maximum absolute atomic E-state index is 11.3. The molecule has 2 N–H and O–H groups in total. The third-order valence-corrected chi connectivity index (χ3v) is 1.19. The van der Waals surface area contributed by atoms with Gasteiger partial charge in [0.2, 0.25) is 11.6 Å². The summed E-state index contributed by atoms with van der Waals surface area (Å²) in [4.78, 5) is 15.0. The first kappa shape index (κ1) is 9.57. The number of carbonyl (C=O) groups excluding carboxylic acids is 1. The van der Waals surface area contributed by atoms with Crippen LogP contribution in [0.1, 0.15) is 31.3 Å². The molecule has 5 heteroatoms. The Hall–Kier alpha value is -1.52. The Balaban J connectivity index is 2.76. The topological polar surface area (TPSA) is 78.3 Å². The van der Waals surface area contributed by atoms with Gasteiger partial charge < -0.3 is 14.9 Å². The highest BCUT2D eigenvalue weighted by Crippen LogP contribution is 2.15. The van der Waals surface area contributed by atoms with Crippen molar-refractivity contribution in [2.24, 2.45) is 0 Å². The van der Waals surface area contributed by atoms with E-state index in [4.69, 9.17) is 10.5 Å². The van der Waals surface area contributed by atoms with E-state index in [1.165, 1.54) is 0 Å². The second-order valence-electron chi connectivity index (χ2n) is 3.57. The van der Waals surface area contributed by atoms with Crippen LogP contribution in [0.4, 0.5) is 5.88 Å². The predicted molar refractivity (Wildman–Crippen MR) is 46.1 cm³/mol. The normalized spacial score (nSPS) is 11.3. The molecule has 0 saturated heterocycles. The average Bonchev–Trinajstić information content (AvgIpc) is 2.30. The van der Waals surface area contributed by atoms with E-state index < -0.39 is 11.6 Å². The number of nitrogens with two attached hydrogens (primary N) is 1. The van der Waals surface area contributed by atoms with Gasteiger partial charge in [0.15, 0.2) is 6.39 Å². The number of oxazole rings is 1. The zero-order chi connectivity index (χ0) is 10.1. The Bertz CT molecular complexity index is 311. The molecule has 0 amide bonds. The Morgan fingerprint density at radius 2 is 2.23 bits per heavy atom. The van der Waals surface area contributed by atoms with Crippen LogP contribution < -0.4 is 5.73 Å². The van der Waals surface area contributed by atoms with Gasteiger partial charge in [0.25, 0.3) is 0 Å². The number of hydrogen-bond donors (Lipinski definition) is 1. The molecule has 1 aromatic heterocycles. The van der Waals surface area contributed by atoms with Crippen molar-refractivity contribution >= 4 is 11.9 Å². The maximum atomic E-state index is 11.3. The van der Waals surface area contributed by atoms with Crippen molar-refractivity contribution in [3.05, 3.63) is 12.1 Å². The summed E-state index contributed by atoms with van der Waals surface area (Å²) in [5.74, 6) is -0.590. The highest BCUT2D eigenvalue weighted by molar-refractivity contribution is 5.91. The van der Waals surface area contributed by atoms with Crippen LogP contribution in [0.2, 0.25) is 0 Å². The molecule has 0 aliphatic carbocycles. The summed E-state index contributed by atoms with van der Waals surface area (Å²) >= 11 is 0. The SMILES string of the molecule is CC(C)(C)OC(=O)c1ncoc1N. The van der Waals surface area contributed by atoms with Crippen LogP contribution in [0.25, 0.3) is 0 Å². The molecular weight excluding hydrogens is 172 g/mol. The summed E-state index contributed by atoms with van der Waals surface area (Å²) in [5, 5.41) is 0. The highest BCUT2D eigenvalue weighted by Gasteiger charge is 2.22. The van der Waals surface area contributed by atoms with Gasteiger partial charge in [-0.1, -0.05) is 0 Å². The third kappa shape index (κ3) is 2.47. The fourth-order valence-electron chi connectivity index (χ4n) is 0.735. The van der Waals surface area contributed by atoms with Crippen molar-refractivity contribution in [3.8, 4) is 0 Å². The molecule has 0 unspecified atom stereocenters. The van der Waals surface area contributed by atoms with Crippen LogP contribution in [0.15, 0.2) is 10.8 Å². The fraction of sp³-hybridized carbons (Fsp3) is 0.500. The number of carbonyl (C=O) groups is 1. The maximum Gasteiger partial charge on any atom is 0.363 e. The number of rotatable bonds is 1. The molecule has 1 heterocycles. The molecule has 5 nitrogen and oxygen atoms in total. The predicted octanol–water partition coefficient (Wildman–Crippen LogP) is 1.21. The Kier molecular flexibility index (Phi) is 2.27. The van der Waals surface area contributed by atoms with E-state index in [2.05, 4.69) is 9.40 Å². The van der Waals surface area contributed by atoms with Gasteiger partial charge in [0.1, 0.15) is 5.60 Å². The average molecular weight is 184 g/mol. The van der Waals surface area contributed by atoms with E-state index in [1.807, 2.05) is 0 Å². The molecular formula is C8H12N2O3. The van der Waals surface area contributed by atoms with Gasteiger partial charge >= 0.3 is 5.97 Å². The van der Waals surface area contributed by atoms with Crippen molar-refractivity contribution in [2.45, 2.75) is 26.4 Å². The second-order valence-corrected chi connectivity index (χ2v) is 3.57. The third-order valence-electron chi connectivity index (χ3n) is 1.19. The van der Waals surface area contributed by atoms with Gasteiger partial charge in [0, 0.05) is 0 Å². The number of anilines is 1. The summed E-state index contributed by atoms with van der Waals surface area (Å²) in [7, 11) is 0. The highest BCUT2D eigenvalue weighted by atomic mass is 16.6. The molecule has 0 aliphatic heterocycles. The zero-order valence-electron chi connectivity index (χ0n) is 7.83. The lowest BCUT2D eigenvalue weighted by molar-refractivity contribution is 0.00645. The minimum absolute atomic E-state index is 0.0192. The van der Waals surface area contributed by atoms with E-state index in [9.17, 15) is 4.79 Å². The lowest BCUT2D eigenvalue weighted by Gasteiger charge is -2.18. The number of ether oxygens (including phenoxy) is 1. The largest absolute Gasteiger partial charge is 0.455 e. The number of esters is 1. The zero-order valence-corrected chi connectivity index (χ0v) is 7.83. The lowest BCUT2D eigenvalue weighted by Crippen LogP contribution is -2.24. The van der Waals surface area contributed by atoms with Crippen LogP contribution in [-0.2, 0) is 4.74 Å². The summed E-state index contributed by atoms with van der Waals surface area (Å²) in [6.45, 7) is 5.30. The van der Waals surface area contributed by atoms with Crippen LogP contribution >= 0.6 is 0 Å². The number of nitrogen functional groups attached to an aromatic ring is 1. The summed E-state index contributed by atoms with van der Waals surface area (Å²) < 4.78 is 9.69. The molecule has 0 saturated carbocycles. The van der Waals surface area contributed by atoms with Gasteiger partial charge in [0.05, 0.1) is 0 Å². The van der Waals surface area contributed by atoms with E-state index in [0.29, 0.717) is 0 Å². The van der Waals surface area contributed by atoms with Crippen molar-refractivity contribution in [3.63, 3.8) is 0 Å². The molecule has 0 radical (unpaired) electrons. The monoisotopic (exact) mass is 184 g/mol. The lowest BCUT2D eigenvalue weighted by atomic mass is 10.2. The van der Waals surface area contributed by atoms with Crippen molar-refractivity contribution < 1.29 is 13.9 Å². The smallest absolute Gasteiger partial charge is 0.363 e. The molecule has 1 aromatic rings. The molecule has 0 atom stereocenters. The molecule has 0 bridgehead atoms. The van der Waals surface area contributed by atoms with Crippen molar-refractivity contribution in [2.75, 3.05) is 5.73 Å². The Morgan fingerprint density at radius 1 is 1.62 bits per heavy atom. The molecule has 0 aromatic carbocycles. The quantitative estimate of drug-likeness (QED) is 0.663. The molecule has 0 aliphatic rings. The molecule has 72 valence electrons. The second kappa shape index (κ2) is 3.08. The van der Waals surface area contributed by atoms with E-state index >= 15 is 0 Å². The first-order chi connectivity index (χ1) is 5.90. The first-order valence-corrected chi connectivity index (χ1v) is 3.82. The minimum atomic E-state index is -0.571. The standard InChI is InChI=1S/C8H12N2O3/c1-8(2,3)13-7(11)5-6(9)12-4-10-5/h4H,9H2,1-3H3. The van der Waals surface area contributed by atoms with Gasteiger partial charge in [-0.2, -0.15) is 0 Å². The van der Waals surface area contributed by atoms with Gasteiger partial charge in [-0.3, -0.25) is 0 Å². The molecule has 1 rings (SSSR count). The van der Waals surface area contributed by atoms with Crippen molar-refractivity contribution in [1.29, 1.82) is 0 Å². The van der Waals surface area contributed by atoms with Gasteiger partial charge in [-0.15, -0.1) is 0 Å².